The number of benzene rings is 2. The number of carbonyl (C=O) groups is 2. The number of anilines is 1. The van der Waals surface area contributed by atoms with Gasteiger partial charge in [-0.3, -0.25) is 9.59 Å². The fraction of sp³-hybridized carbons (Fsp3) is 0.370. The van der Waals surface area contributed by atoms with Gasteiger partial charge in [-0.05, 0) is 62.1 Å². The molecule has 3 heterocycles. The zero-order valence-electron chi connectivity index (χ0n) is 20.3. The Bertz CT molecular complexity index is 1160. The summed E-state index contributed by atoms with van der Waals surface area (Å²) in [6.45, 7) is 3.47. The lowest BCUT2D eigenvalue weighted by molar-refractivity contribution is -0.131. The number of halogens is 1. The van der Waals surface area contributed by atoms with E-state index >= 15 is 0 Å². The molecule has 9 heteroatoms. The Kier molecular flexibility index (Phi) is 8.84. The van der Waals surface area contributed by atoms with Crippen molar-refractivity contribution >= 4 is 29.2 Å². The number of hydrogen-bond donors (Lipinski definition) is 2. The van der Waals surface area contributed by atoms with Gasteiger partial charge in [0.25, 0.3) is 5.91 Å². The molecule has 2 aliphatic rings. The molecule has 1 aromatic heterocycles. The van der Waals surface area contributed by atoms with E-state index < -0.39 is 5.91 Å². The van der Waals surface area contributed by atoms with Gasteiger partial charge in [0, 0.05) is 44.0 Å². The first-order chi connectivity index (χ1) is 17.6. The highest BCUT2D eigenvalue weighted by molar-refractivity contribution is 6.18. The molecule has 3 N–H and O–H groups in total. The number of rotatable bonds is 6. The second-order valence-corrected chi connectivity index (χ2v) is 9.14. The number of amides is 2. The fourth-order valence-corrected chi connectivity index (χ4v) is 4.52. The number of alkyl halides is 1. The van der Waals surface area contributed by atoms with Crippen molar-refractivity contribution in [3.8, 4) is 22.8 Å². The van der Waals surface area contributed by atoms with Gasteiger partial charge >= 0.3 is 0 Å². The quantitative estimate of drug-likeness (QED) is 0.461. The number of nitrogens with two attached hydrogens (primary N) is 1. The minimum atomic E-state index is -0.477. The molecule has 0 atom stereocenters. The number of carbonyl (C=O) groups excluding carboxylic acids is 2. The molecule has 0 bridgehead atoms. The van der Waals surface area contributed by atoms with Crippen molar-refractivity contribution in [2.24, 2.45) is 5.73 Å². The predicted molar refractivity (Wildman–Crippen MR) is 142 cm³/mol. The number of nitrogens with one attached hydrogen (secondary N) is 1. The highest BCUT2D eigenvalue weighted by Crippen LogP contribution is 2.32. The van der Waals surface area contributed by atoms with Crippen LogP contribution in [0.2, 0.25) is 0 Å². The van der Waals surface area contributed by atoms with Gasteiger partial charge in [0.2, 0.25) is 5.91 Å². The first-order valence-electron chi connectivity index (χ1n) is 12.4. The number of para-hydroxylation sites is 1. The van der Waals surface area contributed by atoms with Crippen molar-refractivity contribution in [2.75, 3.05) is 30.8 Å². The maximum absolute atomic E-state index is 11.9. The molecular formula is C27H32ClN5O3. The van der Waals surface area contributed by atoms with Crippen LogP contribution in [-0.4, -0.2) is 52.0 Å². The van der Waals surface area contributed by atoms with Gasteiger partial charge in [-0.2, -0.15) is 5.10 Å². The third kappa shape index (κ3) is 6.37. The summed E-state index contributed by atoms with van der Waals surface area (Å²) in [6, 6.07) is 17.1. The highest BCUT2D eigenvalue weighted by atomic mass is 35.5. The SMILES string of the molecule is NC(=O)c1c(-c2ccc(Oc3ccccc3)cc2)nn2c1NCCC2.O=C(CCCl)N1CCCCC1. The van der Waals surface area contributed by atoms with Gasteiger partial charge in [0.1, 0.15) is 28.6 Å². The van der Waals surface area contributed by atoms with Crippen LogP contribution >= 0.6 is 11.6 Å². The average molecular weight is 510 g/mol. The Morgan fingerprint density at radius 3 is 2.31 bits per heavy atom. The van der Waals surface area contributed by atoms with Gasteiger partial charge in [-0.15, -0.1) is 11.6 Å². The van der Waals surface area contributed by atoms with Gasteiger partial charge in [-0.25, -0.2) is 4.68 Å². The largest absolute Gasteiger partial charge is 0.457 e. The number of aromatic nitrogens is 2. The van der Waals surface area contributed by atoms with E-state index in [1.807, 2.05) is 64.2 Å². The lowest BCUT2D eigenvalue weighted by atomic mass is 10.1. The molecule has 2 amide bonds. The number of piperidine rings is 1. The fourth-order valence-electron chi connectivity index (χ4n) is 4.36. The second-order valence-electron chi connectivity index (χ2n) is 8.76. The number of likely N-dealkylation sites (tertiary alicyclic amines) is 1. The summed E-state index contributed by atoms with van der Waals surface area (Å²) in [5.41, 5.74) is 7.47. The molecule has 1 fully saturated rings. The maximum atomic E-state index is 11.9. The topological polar surface area (TPSA) is 102 Å². The van der Waals surface area contributed by atoms with Crippen LogP contribution < -0.4 is 15.8 Å². The van der Waals surface area contributed by atoms with Crippen molar-refractivity contribution in [3.63, 3.8) is 0 Å². The zero-order chi connectivity index (χ0) is 25.3. The Balaban J connectivity index is 0.000000233. The number of aryl methyl sites for hydroxylation is 1. The third-order valence-electron chi connectivity index (χ3n) is 6.16. The summed E-state index contributed by atoms with van der Waals surface area (Å²) in [5.74, 6) is 2.40. The highest BCUT2D eigenvalue weighted by Gasteiger charge is 2.24. The first kappa shape index (κ1) is 25.6. The van der Waals surface area contributed by atoms with E-state index in [4.69, 9.17) is 22.1 Å². The third-order valence-corrected chi connectivity index (χ3v) is 6.35. The molecule has 3 aromatic rings. The van der Waals surface area contributed by atoms with Crippen molar-refractivity contribution < 1.29 is 14.3 Å². The molecule has 190 valence electrons. The van der Waals surface area contributed by atoms with Gasteiger partial charge in [-0.1, -0.05) is 18.2 Å². The standard InChI is InChI=1S/C19H18N4O2.C8H14ClNO/c20-18(24)16-17(22-23-12-4-11-21-19(16)23)13-7-9-15(10-8-13)25-14-5-2-1-3-6-14;9-5-4-8(11)10-6-2-1-3-7-10/h1-3,5-10,21H,4,11-12H2,(H2,20,24);1-7H2. The van der Waals surface area contributed by atoms with Crippen molar-refractivity contribution in [1.29, 1.82) is 0 Å². The van der Waals surface area contributed by atoms with E-state index in [-0.39, 0.29) is 5.91 Å². The van der Waals surface area contributed by atoms with Crippen LogP contribution in [0.3, 0.4) is 0 Å². The van der Waals surface area contributed by atoms with Gasteiger partial charge in [0.15, 0.2) is 0 Å². The maximum Gasteiger partial charge on any atom is 0.254 e. The normalized spacial score (nSPS) is 14.6. The molecule has 0 radical (unpaired) electrons. The van der Waals surface area contributed by atoms with Gasteiger partial charge in [0.05, 0.1) is 0 Å². The molecule has 0 aliphatic carbocycles. The van der Waals surface area contributed by atoms with Crippen molar-refractivity contribution in [2.45, 2.75) is 38.6 Å². The molecule has 2 aromatic carbocycles. The number of nitrogens with zero attached hydrogens (tertiary/aromatic N) is 3. The van der Waals surface area contributed by atoms with Gasteiger partial charge < -0.3 is 20.7 Å². The van der Waals surface area contributed by atoms with Crippen LogP contribution in [0.25, 0.3) is 11.3 Å². The van der Waals surface area contributed by atoms with E-state index in [1.54, 1.807) is 0 Å². The van der Waals surface area contributed by atoms with E-state index in [0.717, 1.165) is 62.5 Å². The van der Waals surface area contributed by atoms with Crippen LogP contribution in [0, 0.1) is 0 Å². The summed E-state index contributed by atoms with van der Waals surface area (Å²) < 4.78 is 7.61. The summed E-state index contributed by atoms with van der Waals surface area (Å²) in [7, 11) is 0. The summed E-state index contributed by atoms with van der Waals surface area (Å²) in [6.07, 6.45) is 5.06. The monoisotopic (exact) mass is 509 g/mol. The Labute approximate surface area is 216 Å². The van der Waals surface area contributed by atoms with Crippen molar-refractivity contribution in [3.05, 3.63) is 60.2 Å². The minimum Gasteiger partial charge on any atom is -0.457 e. The van der Waals surface area contributed by atoms with Crippen LogP contribution in [0.1, 0.15) is 42.5 Å². The summed E-state index contributed by atoms with van der Waals surface area (Å²) in [4.78, 5) is 25.1. The van der Waals surface area contributed by atoms with E-state index in [0.29, 0.717) is 29.4 Å². The lowest BCUT2D eigenvalue weighted by Crippen LogP contribution is -2.35. The first-order valence-corrected chi connectivity index (χ1v) is 12.9. The van der Waals surface area contributed by atoms with Crippen molar-refractivity contribution in [1.82, 2.24) is 14.7 Å². The zero-order valence-corrected chi connectivity index (χ0v) is 21.0. The molecule has 1 saturated heterocycles. The molecule has 2 aliphatic heterocycles. The van der Waals surface area contributed by atoms with Crippen LogP contribution in [0.5, 0.6) is 11.5 Å². The Morgan fingerprint density at radius 1 is 0.944 bits per heavy atom. The van der Waals surface area contributed by atoms with Crippen LogP contribution in [-0.2, 0) is 11.3 Å². The predicted octanol–water partition coefficient (Wildman–Crippen LogP) is 4.88. The number of hydrogen-bond acceptors (Lipinski definition) is 5. The Hall–Kier alpha value is -3.52. The minimum absolute atomic E-state index is 0.222. The second kappa shape index (κ2) is 12.4. The molecular weight excluding hydrogens is 478 g/mol. The molecule has 36 heavy (non-hydrogen) atoms. The summed E-state index contributed by atoms with van der Waals surface area (Å²) in [5, 5.41) is 7.79. The van der Waals surface area contributed by atoms with E-state index in [1.165, 1.54) is 6.42 Å². The lowest BCUT2D eigenvalue weighted by Gasteiger charge is -2.26. The van der Waals surface area contributed by atoms with E-state index in [9.17, 15) is 9.59 Å². The molecule has 0 spiro atoms. The van der Waals surface area contributed by atoms with E-state index in [2.05, 4.69) is 10.4 Å². The molecule has 8 nitrogen and oxygen atoms in total. The number of fused-ring (bicyclic) bond motifs is 1. The number of primary amides is 1. The molecule has 0 saturated carbocycles. The Morgan fingerprint density at radius 2 is 1.64 bits per heavy atom. The smallest absolute Gasteiger partial charge is 0.254 e. The molecule has 0 unspecified atom stereocenters. The number of ether oxygens (including phenoxy) is 1. The average Bonchev–Trinajstić information content (AvgIpc) is 3.31. The summed E-state index contributed by atoms with van der Waals surface area (Å²) >= 11 is 5.47. The molecule has 5 rings (SSSR count). The van der Waals surface area contributed by atoms with Crippen LogP contribution in [0.15, 0.2) is 54.6 Å². The van der Waals surface area contributed by atoms with Crippen LogP contribution in [0.4, 0.5) is 5.82 Å².